The topological polar surface area (TPSA) is 40.9 Å². The van der Waals surface area contributed by atoms with Crippen LogP contribution in [0.3, 0.4) is 0 Å². The van der Waals surface area contributed by atoms with Gasteiger partial charge in [-0.15, -0.1) is 0 Å². The molecule has 2 aromatic rings. The second kappa shape index (κ2) is 6.15. The minimum atomic E-state index is 0.708. The van der Waals surface area contributed by atoms with Gasteiger partial charge < -0.3 is 19.4 Å². The van der Waals surface area contributed by atoms with Crippen LogP contribution in [0.15, 0.2) is 47.1 Å². The number of anilines is 1. The normalized spacial score (nSPS) is 15.9. The third-order valence-corrected chi connectivity index (χ3v) is 3.73. The van der Waals surface area contributed by atoms with Crippen molar-refractivity contribution in [3.63, 3.8) is 0 Å². The summed E-state index contributed by atoms with van der Waals surface area (Å²) in [6, 6.07) is 11.8. The summed E-state index contributed by atoms with van der Waals surface area (Å²) in [4.78, 5) is 4.26. The van der Waals surface area contributed by atoms with Crippen LogP contribution in [-0.4, -0.2) is 30.5 Å². The van der Waals surface area contributed by atoms with Crippen LogP contribution in [0.2, 0.25) is 0 Å². The molecule has 21 heavy (non-hydrogen) atoms. The zero-order valence-corrected chi connectivity index (χ0v) is 12.6. The van der Waals surface area contributed by atoms with Gasteiger partial charge in [0.1, 0.15) is 11.5 Å². The van der Waals surface area contributed by atoms with Crippen LogP contribution in [0.4, 0.5) is 5.69 Å². The summed E-state index contributed by atoms with van der Waals surface area (Å²) < 4.78 is 10.7. The number of rotatable bonds is 4. The highest BCUT2D eigenvalue weighted by molar-refractivity contribution is 7.80. The van der Waals surface area contributed by atoms with E-state index in [9.17, 15) is 0 Å². The summed E-state index contributed by atoms with van der Waals surface area (Å²) in [7, 11) is 1.66. The molecule has 1 aliphatic rings. The van der Waals surface area contributed by atoms with Gasteiger partial charge in [0, 0.05) is 11.8 Å². The van der Waals surface area contributed by atoms with E-state index in [1.807, 2.05) is 41.3 Å². The van der Waals surface area contributed by atoms with Gasteiger partial charge in [-0.1, -0.05) is 6.07 Å². The van der Waals surface area contributed by atoms with Crippen LogP contribution in [0.5, 0.6) is 5.75 Å². The molecule has 1 fully saturated rings. The van der Waals surface area contributed by atoms with Crippen LogP contribution < -0.4 is 15.0 Å². The molecule has 2 heterocycles. The largest absolute Gasteiger partial charge is 0.497 e. The van der Waals surface area contributed by atoms with E-state index in [0.717, 1.165) is 28.9 Å². The number of furan rings is 1. The minimum Gasteiger partial charge on any atom is -0.497 e. The van der Waals surface area contributed by atoms with Crippen LogP contribution in [0.25, 0.3) is 0 Å². The van der Waals surface area contributed by atoms with Crippen molar-refractivity contribution in [2.75, 3.05) is 25.3 Å². The van der Waals surface area contributed by atoms with E-state index >= 15 is 0 Å². The quantitative estimate of drug-likeness (QED) is 0.875. The molecule has 0 atom stereocenters. The zero-order valence-electron chi connectivity index (χ0n) is 11.8. The van der Waals surface area contributed by atoms with Gasteiger partial charge >= 0.3 is 0 Å². The van der Waals surface area contributed by atoms with Gasteiger partial charge in [-0.2, -0.15) is 0 Å². The van der Waals surface area contributed by atoms with Gasteiger partial charge in [0.05, 0.1) is 33.3 Å². The van der Waals surface area contributed by atoms with Crippen molar-refractivity contribution >= 4 is 23.0 Å². The molecule has 0 bridgehead atoms. The average Bonchev–Trinajstić information content (AvgIpc) is 3.02. The Bertz CT molecular complexity index is 615. The Hall–Kier alpha value is -2.05. The van der Waals surface area contributed by atoms with E-state index in [0.29, 0.717) is 13.3 Å². The van der Waals surface area contributed by atoms with E-state index < -0.39 is 0 Å². The third kappa shape index (κ3) is 3.17. The van der Waals surface area contributed by atoms with Gasteiger partial charge in [0.15, 0.2) is 5.11 Å². The maximum atomic E-state index is 5.41. The fourth-order valence-electron chi connectivity index (χ4n) is 2.30. The summed E-state index contributed by atoms with van der Waals surface area (Å²) in [5, 5.41) is 3.95. The summed E-state index contributed by atoms with van der Waals surface area (Å²) in [6.45, 7) is 2.16. The first-order valence-electron chi connectivity index (χ1n) is 6.70. The van der Waals surface area contributed by atoms with Gasteiger partial charge in [-0.25, -0.2) is 0 Å². The average molecular weight is 303 g/mol. The van der Waals surface area contributed by atoms with E-state index in [4.69, 9.17) is 21.4 Å². The molecule has 3 rings (SSSR count). The smallest absolute Gasteiger partial charge is 0.175 e. The summed E-state index contributed by atoms with van der Waals surface area (Å²) in [5.41, 5.74) is 1.01. The molecule has 1 aliphatic heterocycles. The van der Waals surface area contributed by atoms with Crippen LogP contribution in [0, 0.1) is 0 Å². The number of nitrogens with one attached hydrogen (secondary N) is 1. The van der Waals surface area contributed by atoms with E-state index in [1.165, 1.54) is 0 Å². The number of benzene rings is 1. The molecule has 0 radical (unpaired) electrons. The minimum absolute atomic E-state index is 0.708. The summed E-state index contributed by atoms with van der Waals surface area (Å²) in [6.07, 6.45) is 1.69. The Labute approximate surface area is 129 Å². The molecule has 0 amide bonds. The first kappa shape index (κ1) is 13.9. The fraction of sp³-hybridized carbons (Fsp3) is 0.267. The molecule has 0 spiro atoms. The van der Waals surface area contributed by atoms with E-state index in [2.05, 4.69) is 10.2 Å². The molecule has 5 nitrogen and oxygen atoms in total. The van der Waals surface area contributed by atoms with Crippen LogP contribution >= 0.6 is 12.2 Å². The van der Waals surface area contributed by atoms with Gasteiger partial charge in [0.25, 0.3) is 0 Å². The highest BCUT2D eigenvalue weighted by atomic mass is 32.1. The van der Waals surface area contributed by atoms with E-state index in [1.54, 1.807) is 13.4 Å². The fourth-order valence-corrected chi connectivity index (χ4v) is 2.52. The maximum absolute atomic E-state index is 5.41. The number of methoxy groups -OCH3 is 1. The van der Waals surface area contributed by atoms with Crippen molar-refractivity contribution in [2.45, 2.75) is 6.54 Å². The molecule has 110 valence electrons. The Balaban J connectivity index is 1.75. The Kier molecular flexibility index (Phi) is 4.08. The molecule has 1 aromatic heterocycles. The molecular weight excluding hydrogens is 286 g/mol. The molecule has 0 saturated carbocycles. The molecule has 6 heteroatoms. The lowest BCUT2D eigenvalue weighted by molar-refractivity contribution is 0.232. The lowest BCUT2D eigenvalue weighted by Crippen LogP contribution is -2.55. The third-order valence-electron chi connectivity index (χ3n) is 3.37. The highest BCUT2D eigenvalue weighted by Crippen LogP contribution is 2.23. The van der Waals surface area contributed by atoms with Gasteiger partial charge in [-0.3, -0.25) is 4.90 Å². The standard InChI is InChI=1S/C15H17N3O2S/c1-19-13-5-2-4-12(8-13)18-11-17(10-16-15(18)21)9-14-6-3-7-20-14/h2-8H,9-11H2,1H3,(H,16,21). The van der Waals surface area contributed by atoms with Crippen LogP contribution in [-0.2, 0) is 6.54 Å². The SMILES string of the molecule is COc1cccc(N2CN(Cc3ccco3)CNC2=S)c1. The summed E-state index contributed by atoms with van der Waals surface area (Å²) >= 11 is 5.41. The number of nitrogens with zero attached hydrogens (tertiary/aromatic N) is 2. The zero-order chi connectivity index (χ0) is 14.7. The maximum Gasteiger partial charge on any atom is 0.175 e. The van der Waals surface area contributed by atoms with Gasteiger partial charge in [-0.05, 0) is 36.5 Å². The first-order chi connectivity index (χ1) is 10.3. The highest BCUT2D eigenvalue weighted by Gasteiger charge is 2.22. The Morgan fingerprint density at radius 2 is 2.24 bits per heavy atom. The van der Waals surface area contributed by atoms with Crippen molar-refractivity contribution in [1.82, 2.24) is 10.2 Å². The number of thiocarbonyl (C=S) groups is 1. The Morgan fingerprint density at radius 1 is 1.33 bits per heavy atom. The first-order valence-corrected chi connectivity index (χ1v) is 7.11. The van der Waals surface area contributed by atoms with Crippen LogP contribution in [0.1, 0.15) is 5.76 Å². The Morgan fingerprint density at radius 3 is 3.00 bits per heavy atom. The van der Waals surface area contributed by atoms with Crippen molar-refractivity contribution in [1.29, 1.82) is 0 Å². The monoisotopic (exact) mass is 303 g/mol. The second-order valence-electron chi connectivity index (χ2n) is 4.82. The predicted octanol–water partition coefficient (Wildman–Crippen LogP) is 2.40. The van der Waals surface area contributed by atoms with Crippen molar-refractivity contribution < 1.29 is 9.15 Å². The van der Waals surface area contributed by atoms with Crippen molar-refractivity contribution in [2.24, 2.45) is 0 Å². The number of ether oxygens (including phenoxy) is 1. The second-order valence-corrected chi connectivity index (χ2v) is 5.21. The number of hydrogen-bond acceptors (Lipinski definition) is 4. The molecule has 0 aliphatic carbocycles. The number of hydrogen-bond donors (Lipinski definition) is 1. The van der Waals surface area contributed by atoms with Gasteiger partial charge in [0.2, 0.25) is 0 Å². The predicted molar refractivity (Wildman–Crippen MR) is 85.2 cm³/mol. The molecule has 0 unspecified atom stereocenters. The lowest BCUT2D eigenvalue weighted by Gasteiger charge is -2.37. The molecule has 1 N–H and O–H groups in total. The molecule has 1 aromatic carbocycles. The van der Waals surface area contributed by atoms with E-state index in [-0.39, 0.29) is 0 Å². The molecular formula is C15H17N3O2S. The lowest BCUT2D eigenvalue weighted by atomic mass is 10.2. The summed E-state index contributed by atoms with van der Waals surface area (Å²) in [5.74, 6) is 1.76. The van der Waals surface area contributed by atoms with Crippen molar-refractivity contribution in [3.05, 3.63) is 48.4 Å². The van der Waals surface area contributed by atoms with Crippen molar-refractivity contribution in [3.8, 4) is 5.75 Å². The molecule has 1 saturated heterocycles.